The molecule has 1 saturated heterocycles. The lowest BCUT2D eigenvalue weighted by Crippen LogP contribution is -2.45. The van der Waals surface area contributed by atoms with E-state index >= 15 is 0 Å². The van der Waals surface area contributed by atoms with E-state index in [1.165, 1.54) is 14.7 Å². The van der Waals surface area contributed by atoms with Crippen molar-refractivity contribution in [3.05, 3.63) is 92.6 Å². The van der Waals surface area contributed by atoms with Gasteiger partial charge in [-0.1, -0.05) is 30.3 Å². The first-order chi connectivity index (χ1) is 15.5. The van der Waals surface area contributed by atoms with E-state index in [-0.39, 0.29) is 5.91 Å². The van der Waals surface area contributed by atoms with Crippen LogP contribution in [0.2, 0.25) is 0 Å². The van der Waals surface area contributed by atoms with Crippen molar-refractivity contribution in [1.29, 1.82) is 0 Å². The van der Waals surface area contributed by atoms with Crippen molar-refractivity contribution in [2.45, 2.75) is 20.0 Å². The summed E-state index contributed by atoms with van der Waals surface area (Å²) in [5, 5.41) is 2.92. The highest BCUT2D eigenvalue weighted by molar-refractivity contribution is 14.1. The zero-order valence-corrected chi connectivity index (χ0v) is 20.5. The molecule has 1 aliphatic heterocycles. The van der Waals surface area contributed by atoms with Crippen molar-refractivity contribution in [3.63, 3.8) is 0 Å². The molecule has 3 aromatic rings. The maximum Gasteiger partial charge on any atom is 0.255 e. The topological polar surface area (TPSA) is 61.6 Å². The molecule has 166 valence electrons. The van der Waals surface area contributed by atoms with Gasteiger partial charge in [0.2, 0.25) is 0 Å². The van der Waals surface area contributed by atoms with Gasteiger partial charge in [0.05, 0.1) is 0 Å². The number of halogens is 1. The van der Waals surface area contributed by atoms with Gasteiger partial charge < -0.3 is 11.1 Å². The van der Waals surface area contributed by atoms with Gasteiger partial charge in [-0.2, -0.15) is 0 Å². The molecule has 0 aliphatic carbocycles. The van der Waals surface area contributed by atoms with Crippen molar-refractivity contribution in [2.75, 3.05) is 37.2 Å². The van der Waals surface area contributed by atoms with Crippen LogP contribution < -0.4 is 11.1 Å². The number of aryl methyl sites for hydroxylation is 1. The van der Waals surface area contributed by atoms with Crippen LogP contribution >= 0.6 is 22.6 Å². The third-order valence-corrected chi connectivity index (χ3v) is 6.66. The van der Waals surface area contributed by atoms with Crippen molar-refractivity contribution >= 4 is 39.9 Å². The van der Waals surface area contributed by atoms with Gasteiger partial charge in [0, 0.05) is 59.8 Å². The number of nitrogens with zero attached hydrogens (tertiary/aromatic N) is 2. The Morgan fingerprint density at radius 2 is 1.41 bits per heavy atom. The summed E-state index contributed by atoms with van der Waals surface area (Å²) in [7, 11) is 0. The highest BCUT2D eigenvalue weighted by atomic mass is 127. The summed E-state index contributed by atoms with van der Waals surface area (Å²) in [5.74, 6) is -0.121. The second-order valence-electron chi connectivity index (χ2n) is 8.40. The Bertz CT molecular complexity index is 1060. The summed E-state index contributed by atoms with van der Waals surface area (Å²) < 4.78 is 1.28. The average Bonchev–Trinajstić information content (AvgIpc) is 2.80. The molecule has 0 saturated carbocycles. The minimum Gasteiger partial charge on any atom is -0.398 e. The van der Waals surface area contributed by atoms with Crippen LogP contribution in [0.1, 0.15) is 27.0 Å². The Labute approximate surface area is 203 Å². The Balaban J connectivity index is 1.26. The fraction of sp³-hybridized carbons (Fsp3) is 0.269. The Kier molecular flexibility index (Phi) is 7.44. The first-order valence-electron chi connectivity index (χ1n) is 10.9. The van der Waals surface area contributed by atoms with Gasteiger partial charge in [0.15, 0.2) is 0 Å². The lowest BCUT2D eigenvalue weighted by atomic mass is 10.1. The molecule has 1 amide bonds. The first-order valence-corrected chi connectivity index (χ1v) is 12.0. The quantitative estimate of drug-likeness (QED) is 0.350. The van der Waals surface area contributed by atoms with Crippen LogP contribution in [0.5, 0.6) is 0 Å². The third-order valence-electron chi connectivity index (χ3n) is 5.94. The molecule has 0 spiro atoms. The SMILES string of the molecule is Cc1ccc(NC(=O)c2ccc(CN3CCN(Cc4ccc(I)cc4)CC3)cc2)cc1N. The summed E-state index contributed by atoms with van der Waals surface area (Å²) in [6, 6.07) is 22.3. The largest absolute Gasteiger partial charge is 0.398 e. The molecule has 0 radical (unpaired) electrons. The molecule has 0 unspecified atom stereocenters. The molecule has 3 aromatic carbocycles. The standard InChI is InChI=1S/C26H29IN4O/c1-19-2-11-24(16-25(19)28)29-26(32)22-7-3-20(4-8-22)17-30-12-14-31(15-13-30)18-21-5-9-23(27)10-6-21/h2-11,16H,12-15,17-18,28H2,1H3,(H,29,32). The van der Waals surface area contributed by atoms with E-state index in [2.05, 4.69) is 74.1 Å². The van der Waals surface area contributed by atoms with Crippen LogP contribution in [-0.4, -0.2) is 41.9 Å². The molecule has 32 heavy (non-hydrogen) atoms. The highest BCUT2D eigenvalue weighted by Gasteiger charge is 2.17. The number of nitrogen functional groups attached to an aromatic ring is 1. The van der Waals surface area contributed by atoms with Crippen LogP contribution in [0.3, 0.4) is 0 Å². The second kappa shape index (κ2) is 10.5. The molecular weight excluding hydrogens is 511 g/mol. The zero-order chi connectivity index (χ0) is 22.5. The molecular formula is C26H29IN4O. The first kappa shape index (κ1) is 22.8. The van der Waals surface area contributed by atoms with Crippen LogP contribution in [0.15, 0.2) is 66.7 Å². The lowest BCUT2D eigenvalue weighted by molar-refractivity contribution is 0.102. The summed E-state index contributed by atoms with van der Waals surface area (Å²) in [5.41, 5.74) is 11.6. The van der Waals surface area contributed by atoms with Gasteiger partial charge in [-0.3, -0.25) is 14.6 Å². The Morgan fingerprint density at radius 3 is 1.94 bits per heavy atom. The van der Waals surface area contributed by atoms with Gasteiger partial charge in [-0.15, -0.1) is 0 Å². The zero-order valence-electron chi connectivity index (χ0n) is 18.4. The number of hydrogen-bond donors (Lipinski definition) is 2. The molecule has 4 rings (SSSR count). The molecule has 0 atom stereocenters. The molecule has 1 heterocycles. The number of nitrogens with one attached hydrogen (secondary N) is 1. The Hall–Kier alpha value is -2.42. The van der Waals surface area contributed by atoms with E-state index in [0.29, 0.717) is 16.9 Å². The molecule has 1 fully saturated rings. The van der Waals surface area contributed by atoms with Crippen LogP contribution in [0.4, 0.5) is 11.4 Å². The molecule has 6 heteroatoms. The number of benzene rings is 3. The van der Waals surface area contributed by atoms with Crippen LogP contribution in [0, 0.1) is 10.5 Å². The lowest BCUT2D eigenvalue weighted by Gasteiger charge is -2.34. The fourth-order valence-corrected chi connectivity index (χ4v) is 4.25. The normalized spacial score (nSPS) is 14.9. The number of rotatable bonds is 6. The number of anilines is 2. The summed E-state index contributed by atoms with van der Waals surface area (Å²) in [6.07, 6.45) is 0. The van der Waals surface area contributed by atoms with E-state index in [9.17, 15) is 4.79 Å². The van der Waals surface area contributed by atoms with E-state index in [0.717, 1.165) is 44.8 Å². The Morgan fingerprint density at radius 1 is 0.875 bits per heavy atom. The minimum absolute atomic E-state index is 0.121. The molecule has 1 aliphatic rings. The van der Waals surface area contributed by atoms with Gasteiger partial charge in [0.1, 0.15) is 0 Å². The smallest absolute Gasteiger partial charge is 0.255 e. The fourth-order valence-electron chi connectivity index (χ4n) is 3.89. The molecule has 0 aromatic heterocycles. The average molecular weight is 540 g/mol. The third kappa shape index (κ3) is 6.09. The maximum absolute atomic E-state index is 12.5. The van der Waals surface area contributed by atoms with Gasteiger partial charge >= 0.3 is 0 Å². The van der Waals surface area contributed by atoms with Crippen molar-refractivity contribution in [3.8, 4) is 0 Å². The van der Waals surface area contributed by atoms with E-state index in [1.807, 2.05) is 31.2 Å². The highest BCUT2D eigenvalue weighted by Crippen LogP contribution is 2.18. The number of piperazine rings is 1. The second-order valence-corrected chi connectivity index (χ2v) is 9.65. The predicted molar refractivity (Wildman–Crippen MR) is 140 cm³/mol. The number of carbonyl (C=O) groups excluding carboxylic acids is 1. The van der Waals surface area contributed by atoms with Gasteiger partial charge in [0.25, 0.3) is 5.91 Å². The van der Waals surface area contributed by atoms with E-state index in [4.69, 9.17) is 5.73 Å². The van der Waals surface area contributed by atoms with Crippen molar-refractivity contribution in [2.24, 2.45) is 0 Å². The number of amides is 1. The number of hydrogen-bond acceptors (Lipinski definition) is 4. The van der Waals surface area contributed by atoms with E-state index in [1.54, 1.807) is 6.07 Å². The van der Waals surface area contributed by atoms with Gasteiger partial charge in [-0.05, 0) is 82.6 Å². The molecule has 0 bridgehead atoms. The van der Waals surface area contributed by atoms with Crippen LogP contribution in [-0.2, 0) is 13.1 Å². The van der Waals surface area contributed by atoms with E-state index < -0.39 is 0 Å². The minimum atomic E-state index is -0.121. The van der Waals surface area contributed by atoms with Gasteiger partial charge in [-0.25, -0.2) is 0 Å². The summed E-state index contributed by atoms with van der Waals surface area (Å²) >= 11 is 2.35. The molecule has 3 N–H and O–H groups in total. The summed E-state index contributed by atoms with van der Waals surface area (Å²) in [4.78, 5) is 17.5. The summed E-state index contributed by atoms with van der Waals surface area (Å²) in [6.45, 7) is 8.14. The number of carbonyl (C=O) groups is 1. The van der Waals surface area contributed by atoms with Crippen LogP contribution in [0.25, 0.3) is 0 Å². The molecule has 5 nitrogen and oxygen atoms in total. The monoisotopic (exact) mass is 540 g/mol. The van der Waals surface area contributed by atoms with Crippen molar-refractivity contribution < 1.29 is 4.79 Å². The number of nitrogens with two attached hydrogens (primary N) is 1. The van der Waals surface area contributed by atoms with Crippen molar-refractivity contribution in [1.82, 2.24) is 9.80 Å². The maximum atomic E-state index is 12.5. The predicted octanol–water partition coefficient (Wildman–Crippen LogP) is 4.75.